The Labute approximate surface area is 380 Å². The average Bonchev–Trinajstić information content (AvgIpc) is 3.29. The number of benzene rings is 4. The Hall–Kier alpha value is -5.70. The van der Waals surface area contributed by atoms with Crippen molar-refractivity contribution in [2.45, 2.75) is 131 Å². The van der Waals surface area contributed by atoms with E-state index in [1.165, 1.54) is 17.6 Å². The Morgan fingerprint density at radius 2 is 1.41 bits per heavy atom. The number of fused-ring (bicyclic) bond motifs is 5. The van der Waals surface area contributed by atoms with Gasteiger partial charge in [-0.1, -0.05) is 132 Å². The van der Waals surface area contributed by atoms with Crippen LogP contribution in [0.1, 0.15) is 136 Å². The molecule has 1 aliphatic rings. The van der Waals surface area contributed by atoms with Crippen molar-refractivity contribution in [1.82, 2.24) is 10.2 Å². The Morgan fingerprint density at radius 1 is 0.781 bits per heavy atom. The second-order valence-electron chi connectivity index (χ2n) is 18.0. The topological polar surface area (TPSA) is 127 Å². The zero-order valence-electron chi connectivity index (χ0n) is 39.3. The van der Waals surface area contributed by atoms with Gasteiger partial charge in [-0.2, -0.15) is 0 Å². The fourth-order valence-electron chi connectivity index (χ4n) is 8.76. The zero-order valence-corrected chi connectivity index (χ0v) is 39.3. The molecule has 0 aliphatic carbocycles. The molecule has 4 bridgehead atoms. The third-order valence-electron chi connectivity index (χ3n) is 13.0. The molecule has 64 heavy (non-hydrogen) atoms. The number of ketones is 3. The number of nitrogens with zero attached hydrogens (tertiary/aromatic N) is 1. The highest BCUT2D eigenvalue weighted by molar-refractivity contribution is 5.98. The lowest BCUT2D eigenvalue weighted by Gasteiger charge is -2.32. The molecule has 340 valence electrons. The smallest absolute Gasteiger partial charge is 0.328 e. The molecule has 0 spiro atoms. The number of hydrogen-bond donors (Lipinski definition) is 1. The predicted octanol–water partition coefficient (Wildman–Crippen LogP) is 10.7. The van der Waals surface area contributed by atoms with E-state index in [0.717, 1.165) is 77.5 Å². The average molecular weight is 869 g/mol. The molecular weight excluding hydrogens is 801 g/mol. The monoisotopic (exact) mass is 869 g/mol. The van der Waals surface area contributed by atoms with E-state index >= 15 is 0 Å². The second kappa shape index (κ2) is 23.3. The highest BCUT2D eigenvalue weighted by atomic mass is 16.5. The van der Waals surface area contributed by atoms with E-state index in [-0.39, 0.29) is 48.9 Å². The maximum atomic E-state index is 14.7. The summed E-state index contributed by atoms with van der Waals surface area (Å²) < 4.78 is 5.05. The number of hydrogen-bond acceptors (Lipinski definition) is 7. The van der Waals surface area contributed by atoms with Crippen LogP contribution in [0.5, 0.6) is 0 Å². The van der Waals surface area contributed by atoms with Gasteiger partial charge >= 0.3 is 5.97 Å². The Kier molecular flexibility index (Phi) is 18.0. The molecule has 5 atom stereocenters. The van der Waals surface area contributed by atoms with Crippen LogP contribution in [0, 0.1) is 31.6 Å². The molecule has 4 aromatic carbocycles. The predicted molar refractivity (Wildman–Crippen MR) is 254 cm³/mol. The van der Waals surface area contributed by atoms with Crippen LogP contribution in [0.15, 0.2) is 84.9 Å². The van der Waals surface area contributed by atoms with Crippen LogP contribution < -0.4 is 5.32 Å². The summed E-state index contributed by atoms with van der Waals surface area (Å²) in [6.07, 6.45) is 6.99. The first-order valence-corrected chi connectivity index (χ1v) is 23.3. The van der Waals surface area contributed by atoms with Gasteiger partial charge in [-0.3, -0.25) is 24.0 Å². The van der Waals surface area contributed by atoms with Gasteiger partial charge in [-0.25, -0.2) is 4.79 Å². The lowest BCUT2D eigenvalue weighted by Crippen LogP contribution is -2.46. The van der Waals surface area contributed by atoms with E-state index in [9.17, 15) is 28.8 Å². The van der Waals surface area contributed by atoms with E-state index in [0.29, 0.717) is 24.0 Å². The van der Waals surface area contributed by atoms with Crippen molar-refractivity contribution in [3.63, 3.8) is 0 Å². The van der Waals surface area contributed by atoms with E-state index in [4.69, 9.17) is 4.74 Å². The molecule has 1 unspecified atom stereocenters. The summed E-state index contributed by atoms with van der Waals surface area (Å²) in [6, 6.07) is 25.9. The van der Waals surface area contributed by atoms with E-state index in [1.54, 1.807) is 14.0 Å². The second-order valence-corrected chi connectivity index (χ2v) is 18.0. The van der Waals surface area contributed by atoms with Gasteiger partial charge in [-0.15, -0.1) is 0 Å². The number of methoxy groups -OCH3 is 1. The molecule has 5 rings (SSSR count). The van der Waals surface area contributed by atoms with Crippen LogP contribution in [-0.4, -0.2) is 60.2 Å². The molecule has 0 aromatic heterocycles. The number of carbonyl (C=O) groups is 6. The van der Waals surface area contributed by atoms with Gasteiger partial charge in [0, 0.05) is 56.0 Å². The number of ether oxygens (including phenoxy) is 1. The molecule has 0 saturated heterocycles. The SMILES string of the molecule is CCCCC[C@H](CC(=O)C(C)CCC(=O)c1ccc(-c2ccc(CCCC)cc2)cc1)C(=O)N(C)[C@@H]1C(=O)C[C@@H](C)C(=O)N[C@H](C(=O)OC)Cc2ccc(C)c(c2)-c2cc1ccc2C. The first-order valence-electron chi connectivity index (χ1n) is 23.3. The van der Waals surface area contributed by atoms with Crippen molar-refractivity contribution in [3.8, 4) is 22.3 Å². The number of rotatable bonds is 18. The number of likely N-dealkylation sites (N-methyl/N-ethyl adjacent to an activating group) is 1. The molecular formula is C55H68N2O7. The summed E-state index contributed by atoms with van der Waals surface area (Å²) >= 11 is 0. The molecule has 1 N–H and O–H groups in total. The van der Waals surface area contributed by atoms with Crippen LogP contribution in [0.3, 0.4) is 0 Å². The van der Waals surface area contributed by atoms with Crippen LogP contribution in [0.4, 0.5) is 0 Å². The Morgan fingerprint density at radius 3 is 2.05 bits per heavy atom. The Bertz CT molecular complexity index is 2280. The summed E-state index contributed by atoms with van der Waals surface area (Å²) in [6.45, 7) is 11.7. The quantitative estimate of drug-likeness (QED) is 0.0599. The number of carbonyl (C=O) groups excluding carboxylic acids is 6. The van der Waals surface area contributed by atoms with Crippen LogP contribution in [0.25, 0.3) is 22.3 Å². The van der Waals surface area contributed by atoms with Crippen LogP contribution >= 0.6 is 0 Å². The van der Waals surface area contributed by atoms with Crippen LogP contribution in [-0.2, 0) is 41.6 Å². The van der Waals surface area contributed by atoms with Gasteiger partial charge in [0.1, 0.15) is 17.9 Å². The van der Waals surface area contributed by atoms with Gasteiger partial charge in [0.05, 0.1) is 7.11 Å². The maximum absolute atomic E-state index is 14.7. The maximum Gasteiger partial charge on any atom is 0.328 e. The number of esters is 1. The molecule has 1 heterocycles. The Balaban J connectivity index is 1.35. The van der Waals surface area contributed by atoms with Crippen molar-refractivity contribution in [2.75, 3.05) is 14.2 Å². The third-order valence-corrected chi connectivity index (χ3v) is 13.0. The molecule has 0 radical (unpaired) electrons. The van der Waals surface area contributed by atoms with Crippen molar-refractivity contribution in [1.29, 1.82) is 0 Å². The van der Waals surface area contributed by atoms with Crippen LogP contribution in [0.2, 0.25) is 0 Å². The largest absolute Gasteiger partial charge is 0.467 e. The van der Waals surface area contributed by atoms with Crippen molar-refractivity contribution in [2.24, 2.45) is 17.8 Å². The lowest BCUT2D eigenvalue weighted by molar-refractivity contribution is -0.146. The minimum atomic E-state index is -1.04. The van der Waals surface area contributed by atoms with Crippen molar-refractivity contribution in [3.05, 3.63) is 118 Å². The summed E-state index contributed by atoms with van der Waals surface area (Å²) in [5, 5.41) is 2.82. The lowest BCUT2D eigenvalue weighted by atomic mass is 9.85. The van der Waals surface area contributed by atoms with Crippen molar-refractivity contribution >= 4 is 35.1 Å². The zero-order chi connectivity index (χ0) is 46.5. The number of aryl methyl sites for hydroxylation is 3. The molecule has 9 heteroatoms. The van der Waals surface area contributed by atoms with Gasteiger partial charge in [-0.05, 0) is 95.7 Å². The molecule has 9 nitrogen and oxygen atoms in total. The minimum Gasteiger partial charge on any atom is -0.467 e. The summed E-state index contributed by atoms with van der Waals surface area (Å²) in [4.78, 5) is 84.5. The number of amides is 2. The van der Waals surface area contributed by atoms with Gasteiger partial charge < -0.3 is 15.0 Å². The van der Waals surface area contributed by atoms with E-state index in [2.05, 4.69) is 43.4 Å². The highest BCUT2D eigenvalue weighted by Gasteiger charge is 2.36. The van der Waals surface area contributed by atoms with Crippen molar-refractivity contribution < 1.29 is 33.5 Å². The summed E-state index contributed by atoms with van der Waals surface area (Å²) in [5.74, 6) is -3.78. The summed E-state index contributed by atoms with van der Waals surface area (Å²) in [5.41, 5.74) is 9.25. The van der Waals surface area contributed by atoms with E-state index < -0.39 is 41.7 Å². The standard InChI is InChI=1S/C55H68N2O7/c1-9-11-13-15-45(34-50(59)37(5)18-29-49(58)43-27-25-42(26-28-43)41-23-20-39(21-24-41)14-12-10-2)54(62)57(7)52-44-22-17-36(4)47(33-44)46-31-40(19-16-35(46)3)32-48(55(63)64-8)56-53(61)38(6)30-51(52)60/h16-17,19-28,31,33,37-38,45,48,52H,9-15,18,29-30,32,34H2,1-8H3,(H,56,61)/t37?,38-,45-,48+,52+/m1/s1. The van der Waals surface area contributed by atoms with Gasteiger partial charge in [0.15, 0.2) is 11.6 Å². The fraction of sp³-hybridized carbons (Fsp3) is 0.455. The molecule has 4 aromatic rings. The van der Waals surface area contributed by atoms with E-state index in [1.807, 2.05) is 81.4 Å². The van der Waals surface area contributed by atoms with Gasteiger partial charge in [0.25, 0.3) is 0 Å². The number of nitrogens with one attached hydrogen (secondary N) is 1. The molecule has 0 fully saturated rings. The number of Topliss-reactive ketones (excluding diaryl/α,β-unsaturated/α-hetero) is 3. The van der Waals surface area contributed by atoms with Gasteiger partial charge in [0.2, 0.25) is 11.8 Å². The first-order chi connectivity index (χ1) is 30.6. The molecule has 2 amide bonds. The third kappa shape index (κ3) is 12.7. The fourth-order valence-corrected chi connectivity index (χ4v) is 8.76. The first kappa shape index (κ1) is 49.3. The highest BCUT2D eigenvalue weighted by Crippen LogP contribution is 2.35. The number of unbranched alkanes of at least 4 members (excludes halogenated alkanes) is 3. The normalized spacial score (nSPS) is 17.4. The minimum absolute atomic E-state index is 0.00601. The summed E-state index contributed by atoms with van der Waals surface area (Å²) in [7, 11) is 2.89. The molecule has 1 aliphatic heterocycles. The molecule has 0 saturated carbocycles.